The van der Waals surface area contributed by atoms with Gasteiger partial charge in [-0.05, 0) is 56.2 Å². The van der Waals surface area contributed by atoms with Crippen LogP contribution in [-0.2, 0) is 20.0 Å². The third-order valence-electron chi connectivity index (χ3n) is 3.88. The molecule has 2 aromatic carbocycles. The summed E-state index contributed by atoms with van der Waals surface area (Å²) >= 11 is 0. The van der Waals surface area contributed by atoms with Crippen molar-refractivity contribution in [1.82, 2.24) is 4.72 Å². The summed E-state index contributed by atoms with van der Waals surface area (Å²) in [6.45, 7) is 5.21. The van der Waals surface area contributed by atoms with Gasteiger partial charge in [0.25, 0.3) is 0 Å². The van der Waals surface area contributed by atoms with Gasteiger partial charge in [0.15, 0.2) is 0 Å². The summed E-state index contributed by atoms with van der Waals surface area (Å²) in [5, 5.41) is -0.494. The first-order chi connectivity index (χ1) is 13.0. The lowest BCUT2D eigenvalue weighted by molar-refractivity contribution is 0.225. The van der Waals surface area contributed by atoms with Crippen molar-refractivity contribution in [2.24, 2.45) is 0 Å². The van der Waals surface area contributed by atoms with Crippen LogP contribution in [-0.4, -0.2) is 41.0 Å². The molecule has 0 saturated heterocycles. The molecule has 0 heterocycles. The average molecular weight is 427 g/mol. The summed E-state index contributed by atoms with van der Waals surface area (Å²) in [6.07, 6.45) is 0.774. The van der Waals surface area contributed by atoms with E-state index in [0.717, 1.165) is 17.4 Å². The van der Waals surface area contributed by atoms with E-state index < -0.39 is 25.3 Å². The summed E-state index contributed by atoms with van der Waals surface area (Å²) in [7, 11) is -6.66. The lowest BCUT2D eigenvalue weighted by Crippen LogP contribution is -2.37. The highest BCUT2D eigenvalue weighted by Gasteiger charge is 2.17. The molecule has 0 aromatic heterocycles. The predicted octanol–water partition coefficient (Wildman–Crippen LogP) is 2.82. The van der Waals surface area contributed by atoms with Crippen molar-refractivity contribution in [2.45, 2.75) is 32.1 Å². The summed E-state index contributed by atoms with van der Waals surface area (Å²) < 4.78 is 57.1. The Morgan fingerprint density at radius 1 is 0.929 bits per heavy atom. The van der Waals surface area contributed by atoms with Gasteiger partial charge in [0.05, 0.1) is 11.5 Å². The first kappa shape index (κ1) is 22.2. The van der Waals surface area contributed by atoms with Crippen LogP contribution in [0.1, 0.15) is 20.8 Å². The van der Waals surface area contributed by atoms with E-state index in [9.17, 15) is 16.8 Å². The highest BCUT2D eigenvalue weighted by Crippen LogP contribution is 2.25. The summed E-state index contributed by atoms with van der Waals surface area (Å²) in [5.74, 6) is 0.616. The minimum atomic E-state index is -3.34. The van der Waals surface area contributed by atoms with E-state index in [4.69, 9.17) is 4.74 Å². The maximum absolute atomic E-state index is 11.8. The van der Waals surface area contributed by atoms with Crippen LogP contribution >= 0.6 is 0 Å². The fraction of sp³-hybridized carbons (Fsp3) is 0.368. The van der Waals surface area contributed by atoms with Gasteiger partial charge in [-0.2, -0.15) is 0 Å². The zero-order chi connectivity index (χ0) is 20.9. The van der Waals surface area contributed by atoms with Gasteiger partial charge in [-0.15, -0.1) is 0 Å². The Hall–Kier alpha value is -2.10. The lowest BCUT2D eigenvalue weighted by atomic mass is 10.1. The summed E-state index contributed by atoms with van der Waals surface area (Å²) in [6, 6.07) is 14.4. The number of ether oxygens (including phenoxy) is 1. The van der Waals surface area contributed by atoms with Gasteiger partial charge in [-0.3, -0.25) is 4.72 Å². The second kappa shape index (κ2) is 8.93. The van der Waals surface area contributed by atoms with E-state index in [2.05, 4.69) is 9.44 Å². The maximum Gasteiger partial charge on any atom is 0.229 e. The van der Waals surface area contributed by atoms with Gasteiger partial charge in [-0.1, -0.05) is 24.3 Å². The number of sulfonamides is 2. The molecule has 9 heteroatoms. The van der Waals surface area contributed by atoms with E-state index >= 15 is 0 Å². The van der Waals surface area contributed by atoms with E-state index in [0.29, 0.717) is 11.4 Å². The van der Waals surface area contributed by atoms with Crippen LogP contribution in [0.3, 0.4) is 0 Å². The first-order valence-electron chi connectivity index (χ1n) is 8.80. The molecule has 0 fully saturated rings. The second-order valence-electron chi connectivity index (χ2n) is 6.85. The third-order valence-corrected chi connectivity index (χ3v) is 6.30. The number of hydrogen-bond acceptors (Lipinski definition) is 5. The molecule has 0 bridgehead atoms. The number of benzene rings is 2. The summed E-state index contributed by atoms with van der Waals surface area (Å²) in [4.78, 5) is 0. The number of rotatable bonds is 9. The molecule has 2 rings (SSSR count). The molecule has 0 aliphatic rings. The Kier molecular flexibility index (Phi) is 7.08. The zero-order valence-electron chi connectivity index (χ0n) is 16.3. The molecular weight excluding hydrogens is 400 g/mol. The van der Waals surface area contributed by atoms with Crippen LogP contribution < -0.4 is 14.2 Å². The van der Waals surface area contributed by atoms with E-state index in [-0.39, 0.29) is 12.6 Å². The van der Waals surface area contributed by atoms with Gasteiger partial charge in [0.1, 0.15) is 11.9 Å². The van der Waals surface area contributed by atoms with Gasteiger partial charge >= 0.3 is 0 Å². The van der Waals surface area contributed by atoms with Crippen molar-refractivity contribution >= 4 is 25.7 Å². The van der Waals surface area contributed by atoms with E-state index in [1.165, 1.54) is 0 Å². The van der Waals surface area contributed by atoms with Gasteiger partial charge in [0, 0.05) is 12.2 Å². The minimum Gasteiger partial charge on any atom is -0.489 e. The molecule has 28 heavy (non-hydrogen) atoms. The van der Waals surface area contributed by atoms with Crippen molar-refractivity contribution < 1.29 is 21.6 Å². The van der Waals surface area contributed by atoms with Crippen LogP contribution in [0.15, 0.2) is 48.5 Å². The molecule has 2 N–H and O–H groups in total. The van der Waals surface area contributed by atoms with Crippen LogP contribution in [0.4, 0.5) is 5.69 Å². The van der Waals surface area contributed by atoms with Crippen molar-refractivity contribution in [3.63, 3.8) is 0 Å². The Morgan fingerprint density at radius 3 is 2.14 bits per heavy atom. The highest BCUT2D eigenvalue weighted by atomic mass is 32.2. The summed E-state index contributed by atoms with van der Waals surface area (Å²) in [5.41, 5.74) is 2.25. The largest absolute Gasteiger partial charge is 0.489 e. The molecule has 2 aromatic rings. The highest BCUT2D eigenvalue weighted by molar-refractivity contribution is 7.92. The normalized spacial score (nSPS) is 13.3. The lowest BCUT2D eigenvalue weighted by Gasteiger charge is -2.17. The third kappa shape index (κ3) is 6.81. The molecular formula is C19H26N2O5S2. The number of hydrogen-bond donors (Lipinski definition) is 2. The molecule has 7 nitrogen and oxygen atoms in total. The molecule has 0 amide bonds. The SMILES string of the molecule is CC(C)S(=O)(=O)NC[C@@H](C)Oc1ccc(-c2cccc(NS(C)(=O)=O)c2)cc1. The van der Waals surface area contributed by atoms with Crippen molar-refractivity contribution in [3.8, 4) is 16.9 Å². The quantitative estimate of drug-likeness (QED) is 0.642. The van der Waals surface area contributed by atoms with Crippen LogP contribution in [0.2, 0.25) is 0 Å². The molecule has 154 valence electrons. The number of anilines is 1. The van der Waals surface area contributed by atoms with Crippen LogP contribution in [0, 0.1) is 0 Å². The van der Waals surface area contributed by atoms with E-state index in [1.54, 1.807) is 51.1 Å². The monoisotopic (exact) mass is 426 g/mol. The minimum absolute atomic E-state index is 0.182. The van der Waals surface area contributed by atoms with Crippen molar-refractivity contribution in [2.75, 3.05) is 17.5 Å². The molecule has 0 saturated carbocycles. The fourth-order valence-corrected chi connectivity index (χ4v) is 3.73. The number of nitrogens with one attached hydrogen (secondary N) is 2. The smallest absolute Gasteiger partial charge is 0.229 e. The molecule has 0 aliphatic carbocycles. The van der Waals surface area contributed by atoms with Gasteiger partial charge in [-0.25, -0.2) is 21.6 Å². The Morgan fingerprint density at radius 2 is 1.57 bits per heavy atom. The Labute approximate surface area is 167 Å². The van der Waals surface area contributed by atoms with Gasteiger partial charge in [0.2, 0.25) is 20.0 Å². The molecule has 0 spiro atoms. The molecule has 0 aliphatic heterocycles. The second-order valence-corrected chi connectivity index (χ2v) is 10.9. The molecule has 0 radical (unpaired) electrons. The van der Waals surface area contributed by atoms with Crippen LogP contribution in [0.5, 0.6) is 5.75 Å². The standard InChI is InChI=1S/C19H26N2O5S2/c1-14(2)28(24,25)20-13-15(3)26-19-10-8-16(9-11-19)17-6-5-7-18(12-17)21-27(4,22)23/h5-12,14-15,20-21H,13H2,1-4H3/t15-/m1/s1. The van der Waals surface area contributed by atoms with Crippen LogP contribution in [0.25, 0.3) is 11.1 Å². The molecule has 1 atom stereocenters. The topological polar surface area (TPSA) is 102 Å². The predicted molar refractivity (Wildman–Crippen MR) is 112 cm³/mol. The van der Waals surface area contributed by atoms with Crippen molar-refractivity contribution in [1.29, 1.82) is 0 Å². The first-order valence-corrected chi connectivity index (χ1v) is 12.2. The maximum atomic E-state index is 11.8. The van der Waals surface area contributed by atoms with Crippen molar-refractivity contribution in [3.05, 3.63) is 48.5 Å². The Balaban J connectivity index is 2.03. The van der Waals surface area contributed by atoms with Gasteiger partial charge < -0.3 is 4.74 Å². The Bertz CT molecular complexity index is 1000. The average Bonchev–Trinajstić information content (AvgIpc) is 2.59. The van der Waals surface area contributed by atoms with E-state index in [1.807, 2.05) is 18.2 Å². The molecule has 0 unspecified atom stereocenters. The fourth-order valence-electron chi connectivity index (χ4n) is 2.38. The zero-order valence-corrected chi connectivity index (χ0v) is 18.0.